The minimum absolute atomic E-state index is 0.225. The normalized spacial score (nSPS) is 13.4. The predicted octanol–water partition coefficient (Wildman–Crippen LogP) is 4.95. The lowest BCUT2D eigenvalue weighted by Gasteiger charge is -2.17. The summed E-state index contributed by atoms with van der Waals surface area (Å²) in [7, 11) is 0. The zero-order valence-corrected chi connectivity index (χ0v) is 17.4. The molecule has 1 aliphatic rings. The molecule has 2 aromatic carbocycles. The van der Waals surface area contributed by atoms with E-state index >= 15 is 0 Å². The van der Waals surface area contributed by atoms with Crippen LogP contribution in [0.3, 0.4) is 0 Å². The Morgan fingerprint density at radius 2 is 2.03 bits per heavy atom. The Kier molecular flexibility index (Phi) is 5.82. The zero-order chi connectivity index (χ0) is 20.2. The zero-order valence-electron chi connectivity index (χ0n) is 15.8. The van der Waals surface area contributed by atoms with Crippen LogP contribution in [0.4, 0.5) is 16.2 Å². The third-order valence-corrected chi connectivity index (χ3v) is 6.24. The average molecular weight is 426 g/mol. The van der Waals surface area contributed by atoms with Crippen molar-refractivity contribution in [3.05, 3.63) is 70.2 Å². The Balaban J connectivity index is 1.42. The van der Waals surface area contributed by atoms with Crippen LogP contribution in [0.25, 0.3) is 0 Å². The fourth-order valence-electron chi connectivity index (χ4n) is 2.96. The van der Waals surface area contributed by atoms with Crippen molar-refractivity contribution in [2.75, 3.05) is 23.4 Å². The number of ether oxygens (including phenoxy) is 1. The van der Waals surface area contributed by atoms with E-state index < -0.39 is 6.09 Å². The molecule has 0 saturated carbocycles. The van der Waals surface area contributed by atoms with Crippen LogP contribution < -0.4 is 10.2 Å². The topological polar surface area (TPSA) is 71.5 Å². The van der Waals surface area contributed by atoms with E-state index in [1.807, 2.05) is 31.2 Å². The third kappa shape index (κ3) is 4.60. The number of carbonyl (C=O) groups excluding carboxylic acids is 2. The highest BCUT2D eigenvalue weighted by molar-refractivity contribution is 7.98. The number of benzene rings is 2. The van der Waals surface area contributed by atoms with E-state index in [0.717, 1.165) is 21.3 Å². The third-order valence-electron chi connectivity index (χ3n) is 4.37. The molecule has 8 heteroatoms. The van der Waals surface area contributed by atoms with Crippen LogP contribution >= 0.6 is 23.1 Å². The second kappa shape index (κ2) is 8.67. The summed E-state index contributed by atoms with van der Waals surface area (Å²) in [6.07, 6.45) is -0.400. The molecule has 29 heavy (non-hydrogen) atoms. The Bertz CT molecular complexity index is 1030. The Morgan fingerprint density at radius 1 is 1.24 bits per heavy atom. The van der Waals surface area contributed by atoms with Gasteiger partial charge in [0.2, 0.25) is 0 Å². The predicted molar refractivity (Wildman–Crippen MR) is 116 cm³/mol. The first-order chi connectivity index (χ1) is 14.1. The summed E-state index contributed by atoms with van der Waals surface area (Å²) in [6, 6.07) is 14.7. The molecule has 0 bridgehead atoms. The van der Waals surface area contributed by atoms with Gasteiger partial charge in [-0.2, -0.15) is 0 Å². The second-order valence-corrected chi connectivity index (χ2v) is 8.52. The van der Waals surface area contributed by atoms with Crippen molar-refractivity contribution in [1.29, 1.82) is 0 Å². The van der Waals surface area contributed by atoms with Crippen molar-refractivity contribution in [2.24, 2.45) is 0 Å². The second-order valence-electron chi connectivity index (χ2n) is 6.41. The van der Waals surface area contributed by atoms with Crippen LogP contribution in [0.15, 0.2) is 58.8 Å². The number of para-hydroxylation sites is 2. The Hall–Kier alpha value is -2.84. The van der Waals surface area contributed by atoms with E-state index in [9.17, 15) is 9.59 Å². The van der Waals surface area contributed by atoms with E-state index in [1.165, 1.54) is 4.90 Å². The van der Waals surface area contributed by atoms with Crippen LogP contribution in [0.2, 0.25) is 0 Å². The fourth-order valence-corrected chi connectivity index (χ4v) is 4.46. The molecule has 0 unspecified atom stereocenters. The van der Waals surface area contributed by atoms with Crippen LogP contribution in [-0.4, -0.2) is 30.1 Å². The van der Waals surface area contributed by atoms with Gasteiger partial charge in [-0.1, -0.05) is 12.1 Å². The summed E-state index contributed by atoms with van der Waals surface area (Å²) in [6.45, 7) is 2.81. The molecule has 1 aromatic heterocycles. The lowest BCUT2D eigenvalue weighted by atomic mass is 10.2. The van der Waals surface area contributed by atoms with Crippen molar-refractivity contribution < 1.29 is 14.3 Å². The molecule has 1 saturated heterocycles. The van der Waals surface area contributed by atoms with Crippen molar-refractivity contribution in [1.82, 2.24) is 4.98 Å². The molecular weight excluding hydrogens is 406 g/mol. The summed E-state index contributed by atoms with van der Waals surface area (Å²) in [4.78, 5) is 31.6. The van der Waals surface area contributed by atoms with Gasteiger partial charge in [-0.3, -0.25) is 9.69 Å². The maximum absolute atomic E-state index is 12.7. The molecule has 0 spiro atoms. The minimum Gasteiger partial charge on any atom is -0.447 e. The van der Waals surface area contributed by atoms with E-state index in [0.29, 0.717) is 30.1 Å². The van der Waals surface area contributed by atoms with E-state index in [4.69, 9.17) is 4.74 Å². The highest BCUT2D eigenvalue weighted by Crippen LogP contribution is 2.29. The number of nitrogens with one attached hydrogen (secondary N) is 1. The molecule has 0 atom stereocenters. The van der Waals surface area contributed by atoms with Gasteiger partial charge in [0.25, 0.3) is 5.91 Å². The number of aryl methyl sites for hydroxylation is 1. The highest BCUT2D eigenvalue weighted by Gasteiger charge is 2.26. The molecule has 2 amide bonds. The van der Waals surface area contributed by atoms with Crippen molar-refractivity contribution in [3.8, 4) is 0 Å². The SMILES string of the molecule is Cc1nc(CSc2ccc(C(=O)Nc3ccccc3N3CCOC3=O)cc2)cs1. The van der Waals surface area contributed by atoms with Crippen molar-refractivity contribution in [2.45, 2.75) is 17.6 Å². The monoisotopic (exact) mass is 425 g/mol. The van der Waals surface area contributed by atoms with Gasteiger partial charge in [0.1, 0.15) is 6.61 Å². The molecule has 4 rings (SSSR count). The molecule has 148 valence electrons. The van der Waals surface area contributed by atoms with Gasteiger partial charge in [-0.05, 0) is 43.3 Å². The number of hydrogen-bond donors (Lipinski definition) is 1. The number of carbonyl (C=O) groups is 2. The van der Waals surface area contributed by atoms with Crippen molar-refractivity contribution in [3.63, 3.8) is 0 Å². The molecule has 0 radical (unpaired) electrons. The summed E-state index contributed by atoms with van der Waals surface area (Å²) < 4.78 is 5.00. The number of amides is 2. The number of anilines is 2. The van der Waals surface area contributed by atoms with E-state index in [1.54, 1.807) is 47.4 Å². The first-order valence-electron chi connectivity index (χ1n) is 9.09. The maximum Gasteiger partial charge on any atom is 0.414 e. The molecule has 1 aliphatic heterocycles. The molecule has 3 aromatic rings. The van der Waals surface area contributed by atoms with Gasteiger partial charge < -0.3 is 10.1 Å². The molecule has 6 nitrogen and oxygen atoms in total. The van der Waals surface area contributed by atoms with E-state index in [-0.39, 0.29) is 5.91 Å². The van der Waals surface area contributed by atoms with Crippen LogP contribution in [0.1, 0.15) is 21.1 Å². The molecule has 1 fully saturated rings. The number of thioether (sulfide) groups is 1. The Morgan fingerprint density at radius 3 is 2.72 bits per heavy atom. The number of cyclic esters (lactones) is 1. The number of hydrogen-bond acceptors (Lipinski definition) is 6. The van der Waals surface area contributed by atoms with Crippen LogP contribution in [-0.2, 0) is 10.5 Å². The lowest BCUT2D eigenvalue weighted by molar-refractivity contribution is 0.102. The van der Waals surface area contributed by atoms with Gasteiger partial charge in [-0.15, -0.1) is 23.1 Å². The van der Waals surface area contributed by atoms with Gasteiger partial charge >= 0.3 is 6.09 Å². The highest BCUT2D eigenvalue weighted by atomic mass is 32.2. The number of rotatable bonds is 6. The largest absolute Gasteiger partial charge is 0.447 e. The van der Waals surface area contributed by atoms with Gasteiger partial charge in [0, 0.05) is 21.6 Å². The summed E-state index contributed by atoms with van der Waals surface area (Å²) >= 11 is 3.33. The fraction of sp³-hybridized carbons (Fsp3) is 0.190. The lowest BCUT2D eigenvalue weighted by Crippen LogP contribution is -2.25. The van der Waals surface area contributed by atoms with E-state index in [2.05, 4.69) is 15.7 Å². The number of thiazole rings is 1. The quantitative estimate of drug-likeness (QED) is 0.566. The van der Waals surface area contributed by atoms with Gasteiger partial charge in [0.15, 0.2) is 0 Å². The molecular formula is C21H19N3O3S2. The summed E-state index contributed by atoms with van der Waals surface area (Å²) in [5.41, 5.74) is 2.83. The van der Waals surface area contributed by atoms with Crippen LogP contribution in [0.5, 0.6) is 0 Å². The number of aromatic nitrogens is 1. The smallest absolute Gasteiger partial charge is 0.414 e. The first kappa shape index (κ1) is 19.5. The van der Waals surface area contributed by atoms with Crippen LogP contribution in [0, 0.1) is 6.92 Å². The standard InChI is InChI=1S/C21H19N3O3S2/c1-14-22-16(12-28-14)13-29-17-8-6-15(7-9-17)20(25)23-18-4-2-3-5-19(18)24-10-11-27-21(24)26/h2-9,12H,10-11,13H2,1H3,(H,23,25). The summed E-state index contributed by atoms with van der Waals surface area (Å²) in [5, 5.41) is 6.03. The minimum atomic E-state index is -0.400. The van der Waals surface area contributed by atoms with Gasteiger partial charge in [0.05, 0.1) is 28.6 Å². The first-order valence-corrected chi connectivity index (χ1v) is 11.0. The maximum atomic E-state index is 12.7. The molecule has 2 heterocycles. The van der Waals surface area contributed by atoms with Crippen molar-refractivity contribution >= 4 is 46.5 Å². The Labute approximate surface area is 176 Å². The molecule has 0 aliphatic carbocycles. The summed E-state index contributed by atoms with van der Waals surface area (Å²) in [5.74, 6) is 0.575. The number of nitrogens with zero attached hydrogens (tertiary/aromatic N) is 2. The molecule has 1 N–H and O–H groups in total. The van der Waals surface area contributed by atoms with Gasteiger partial charge in [-0.25, -0.2) is 9.78 Å². The average Bonchev–Trinajstić information content (AvgIpc) is 3.35.